The Morgan fingerprint density at radius 1 is 1.30 bits per heavy atom. The van der Waals surface area contributed by atoms with Crippen LogP contribution in [0.15, 0.2) is 0 Å². The van der Waals surface area contributed by atoms with Gasteiger partial charge in [0.05, 0.1) is 0 Å². The second-order valence-corrected chi connectivity index (χ2v) is 6.75. The van der Waals surface area contributed by atoms with Gasteiger partial charge in [-0.25, -0.2) is 9.97 Å². The average Bonchev–Trinajstić information content (AvgIpc) is 2.47. The van der Waals surface area contributed by atoms with E-state index in [2.05, 4.69) is 47.7 Å². The molecule has 1 aromatic rings. The van der Waals surface area contributed by atoms with E-state index in [1.165, 1.54) is 17.7 Å². The van der Waals surface area contributed by atoms with Crippen molar-refractivity contribution < 1.29 is 0 Å². The number of hydrogen-bond acceptors (Lipinski definition) is 5. The van der Waals surface area contributed by atoms with Gasteiger partial charge in [0.25, 0.3) is 0 Å². The lowest BCUT2D eigenvalue weighted by atomic mass is 10.2. The van der Waals surface area contributed by atoms with Gasteiger partial charge in [0, 0.05) is 36.2 Å². The quantitative estimate of drug-likeness (QED) is 0.903. The molecule has 0 bridgehead atoms. The van der Waals surface area contributed by atoms with Crippen LogP contribution in [-0.2, 0) is 0 Å². The molecule has 1 fully saturated rings. The van der Waals surface area contributed by atoms with E-state index in [1.807, 2.05) is 6.92 Å². The lowest BCUT2D eigenvalue weighted by molar-refractivity contribution is 0.714. The van der Waals surface area contributed by atoms with Gasteiger partial charge in [0.15, 0.2) is 0 Å². The second kappa shape index (κ2) is 7.16. The third-order valence-corrected chi connectivity index (χ3v) is 5.04. The normalized spacial score (nSPS) is 19.2. The summed E-state index contributed by atoms with van der Waals surface area (Å²) in [5.41, 5.74) is 1.19. The summed E-state index contributed by atoms with van der Waals surface area (Å²) in [4.78, 5) is 11.7. The third-order valence-electron chi connectivity index (χ3n) is 3.67. The van der Waals surface area contributed by atoms with E-state index in [0.29, 0.717) is 0 Å². The topological polar surface area (TPSA) is 41.1 Å². The number of aromatic nitrogens is 2. The highest BCUT2D eigenvalue weighted by molar-refractivity contribution is 8.00. The van der Waals surface area contributed by atoms with Crippen LogP contribution in [0.1, 0.15) is 38.1 Å². The average molecular weight is 294 g/mol. The molecule has 2 rings (SSSR count). The van der Waals surface area contributed by atoms with Gasteiger partial charge in [-0.15, -0.1) is 0 Å². The standard InChI is InChI=1S/C15H26N4S/c1-5-7-16-14-11(3)15(18-12(4)17-14)19-8-9-20-13(6-2)10-19/h13H,5-10H2,1-4H3,(H,16,17,18). The van der Waals surface area contributed by atoms with Crippen LogP contribution in [0.4, 0.5) is 11.6 Å². The summed E-state index contributed by atoms with van der Waals surface area (Å²) >= 11 is 2.09. The molecule has 1 N–H and O–H groups in total. The van der Waals surface area contributed by atoms with Crippen molar-refractivity contribution in [3.8, 4) is 0 Å². The van der Waals surface area contributed by atoms with Gasteiger partial charge in [-0.3, -0.25) is 0 Å². The molecule has 20 heavy (non-hydrogen) atoms. The van der Waals surface area contributed by atoms with E-state index in [1.54, 1.807) is 0 Å². The zero-order chi connectivity index (χ0) is 14.5. The summed E-state index contributed by atoms with van der Waals surface area (Å²) in [6.07, 6.45) is 2.33. The van der Waals surface area contributed by atoms with E-state index < -0.39 is 0 Å². The minimum absolute atomic E-state index is 0.727. The van der Waals surface area contributed by atoms with E-state index in [9.17, 15) is 0 Å². The zero-order valence-corrected chi connectivity index (χ0v) is 13.9. The van der Waals surface area contributed by atoms with Crippen LogP contribution in [0.3, 0.4) is 0 Å². The fourth-order valence-corrected chi connectivity index (χ4v) is 3.68. The van der Waals surface area contributed by atoms with Gasteiger partial charge in [0.1, 0.15) is 17.5 Å². The van der Waals surface area contributed by atoms with Crippen molar-refractivity contribution in [3.63, 3.8) is 0 Å². The lowest BCUT2D eigenvalue weighted by Gasteiger charge is -2.34. The predicted octanol–water partition coefficient (Wildman–Crippen LogP) is 3.25. The molecule has 4 nitrogen and oxygen atoms in total. The highest BCUT2D eigenvalue weighted by atomic mass is 32.2. The number of aryl methyl sites for hydroxylation is 1. The second-order valence-electron chi connectivity index (χ2n) is 5.34. The predicted molar refractivity (Wildman–Crippen MR) is 89.0 cm³/mol. The van der Waals surface area contributed by atoms with Crippen molar-refractivity contribution >= 4 is 23.4 Å². The smallest absolute Gasteiger partial charge is 0.137 e. The first-order chi connectivity index (χ1) is 9.65. The first kappa shape index (κ1) is 15.4. The van der Waals surface area contributed by atoms with Gasteiger partial charge >= 0.3 is 0 Å². The molecule has 1 atom stereocenters. The van der Waals surface area contributed by atoms with Crippen LogP contribution in [0.2, 0.25) is 0 Å². The molecule has 0 radical (unpaired) electrons. The highest BCUT2D eigenvalue weighted by Crippen LogP contribution is 2.29. The first-order valence-corrected chi connectivity index (χ1v) is 8.66. The van der Waals surface area contributed by atoms with Crippen LogP contribution in [0, 0.1) is 13.8 Å². The molecule has 0 aromatic carbocycles. The molecule has 1 aliphatic heterocycles. The largest absolute Gasteiger partial charge is 0.370 e. The molecule has 1 aromatic heterocycles. The summed E-state index contributed by atoms with van der Waals surface area (Å²) in [6.45, 7) is 11.7. The molecule has 5 heteroatoms. The molecule has 2 heterocycles. The Hall–Kier alpha value is -0.970. The fourth-order valence-electron chi connectivity index (χ4n) is 2.50. The van der Waals surface area contributed by atoms with Crippen LogP contribution >= 0.6 is 11.8 Å². The fraction of sp³-hybridized carbons (Fsp3) is 0.733. The maximum absolute atomic E-state index is 4.70. The lowest BCUT2D eigenvalue weighted by Crippen LogP contribution is -2.38. The molecule has 1 unspecified atom stereocenters. The molecule has 0 amide bonds. The highest BCUT2D eigenvalue weighted by Gasteiger charge is 2.22. The minimum atomic E-state index is 0.727. The van der Waals surface area contributed by atoms with Crippen molar-refractivity contribution in [3.05, 3.63) is 11.4 Å². The molecular formula is C15H26N4S. The monoisotopic (exact) mass is 294 g/mol. The molecule has 0 spiro atoms. The Kier molecular flexibility index (Phi) is 5.52. The van der Waals surface area contributed by atoms with Crippen LogP contribution < -0.4 is 10.2 Å². The van der Waals surface area contributed by atoms with Crippen molar-refractivity contribution in [2.24, 2.45) is 0 Å². The number of nitrogens with zero attached hydrogens (tertiary/aromatic N) is 3. The van der Waals surface area contributed by atoms with Crippen molar-refractivity contribution in [1.82, 2.24) is 9.97 Å². The number of anilines is 2. The van der Waals surface area contributed by atoms with E-state index in [4.69, 9.17) is 4.98 Å². The number of rotatable bonds is 5. The summed E-state index contributed by atoms with van der Waals surface area (Å²) in [7, 11) is 0. The first-order valence-electron chi connectivity index (χ1n) is 7.61. The van der Waals surface area contributed by atoms with Gasteiger partial charge in [-0.1, -0.05) is 13.8 Å². The summed E-state index contributed by atoms with van der Waals surface area (Å²) in [6, 6.07) is 0. The van der Waals surface area contributed by atoms with Crippen molar-refractivity contribution in [2.45, 2.75) is 45.8 Å². The maximum atomic E-state index is 4.70. The van der Waals surface area contributed by atoms with Crippen LogP contribution in [-0.4, -0.2) is 40.6 Å². The van der Waals surface area contributed by atoms with Gasteiger partial charge < -0.3 is 10.2 Å². The minimum Gasteiger partial charge on any atom is -0.370 e. The molecule has 0 aliphatic carbocycles. The van der Waals surface area contributed by atoms with Crippen molar-refractivity contribution in [1.29, 1.82) is 0 Å². The Labute approximate surface area is 126 Å². The number of hydrogen-bond donors (Lipinski definition) is 1. The van der Waals surface area contributed by atoms with Gasteiger partial charge in [-0.05, 0) is 26.7 Å². The van der Waals surface area contributed by atoms with Crippen molar-refractivity contribution in [2.75, 3.05) is 35.6 Å². The summed E-state index contributed by atoms with van der Waals surface area (Å²) in [5.74, 6) is 4.17. The van der Waals surface area contributed by atoms with E-state index in [-0.39, 0.29) is 0 Å². The molecule has 0 saturated carbocycles. The van der Waals surface area contributed by atoms with Gasteiger partial charge in [0.2, 0.25) is 0 Å². The number of thioether (sulfide) groups is 1. The maximum Gasteiger partial charge on any atom is 0.137 e. The third kappa shape index (κ3) is 3.57. The summed E-state index contributed by atoms with van der Waals surface area (Å²) in [5, 5.41) is 4.15. The van der Waals surface area contributed by atoms with Crippen LogP contribution in [0.5, 0.6) is 0 Å². The zero-order valence-electron chi connectivity index (χ0n) is 13.1. The molecule has 1 saturated heterocycles. The Balaban J connectivity index is 2.23. The van der Waals surface area contributed by atoms with Gasteiger partial charge in [-0.2, -0.15) is 11.8 Å². The number of nitrogens with one attached hydrogen (secondary N) is 1. The Morgan fingerprint density at radius 2 is 2.10 bits per heavy atom. The Morgan fingerprint density at radius 3 is 2.80 bits per heavy atom. The molecule has 1 aliphatic rings. The Bertz CT molecular complexity index is 450. The SMILES string of the molecule is CCCNc1nc(C)nc(N2CCSC(CC)C2)c1C. The van der Waals surface area contributed by atoms with Crippen LogP contribution in [0.25, 0.3) is 0 Å². The van der Waals surface area contributed by atoms with E-state index in [0.717, 1.165) is 48.8 Å². The van der Waals surface area contributed by atoms with E-state index >= 15 is 0 Å². The molecule has 112 valence electrons. The summed E-state index contributed by atoms with van der Waals surface area (Å²) < 4.78 is 0. The molecular weight excluding hydrogens is 268 g/mol.